The number of furan rings is 1. The lowest BCUT2D eigenvalue weighted by Crippen LogP contribution is -2.62. The fourth-order valence-corrected chi connectivity index (χ4v) is 6.00. The first-order valence-corrected chi connectivity index (χ1v) is 9.11. The van der Waals surface area contributed by atoms with Crippen LogP contribution in [0.2, 0.25) is 0 Å². The molecular weight excluding hydrogens is 320 g/mol. The quantitative estimate of drug-likeness (QED) is 0.577. The van der Waals surface area contributed by atoms with E-state index >= 15 is 0 Å². The van der Waals surface area contributed by atoms with Crippen molar-refractivity contribution in [3.8, 4) is 0 Å². The van der Waals surface area contributed by atoms with E-state index in [0.717, 1.165) is 30.4 Å². The van der Waals surface area contributed by atoms with Crippen molar-refractivity contribution < 1.29 is 23.5 Å². The number of fused-ring (bicyclic) bond motifs is 1. The molecule has 5 nitrogen and oxygen atoms in total. The van der Waals surface area contributed by atoms with Crippen LogP contribution in [0, 0.1) is 22.7 Å². The Kier molecular flexibility index (Phi) is 2.91. The monoisotopic (exact) mass is 342 g/mol. The Balaban J connectivity index is 1.62. The second-order valence-corrected chi connectivity index (χ2v) is 8.19. The first-order valence-electron chi connectivity index (χ1n) is 9.11. The molecule has 2 spiro atoms. The highest BCUT2D eigenvalue weighted by Crippen LogP contribution is 2.67. The van der Waals surface area contributed by atoms with Crippen molar-refractivity contribution in [2.24, 2.45) is 22.7 Å². The topological polar surface area (TPSA) is 65.7 Å². The molecule has 1 aromatic heterocycles. The molecule has 2 bridgehead atoms. The van der Waals surface area contributed by atoms with Gasteiger partial charge < -0.3 is 13.9 Å². The molecule has 5 aliphatic rings. The summed E-state index contributed by atoms with van der Waals surface area (Å²) in [6.45, 7) is 4.16. The maximum atomic E-state index is 13.2. The molecule has 6 rings (SSSR count). The van der Waals surface area contributed by atoms with Crippen molar-refractivity contribution in [2.75, 3.05) is 0 Å². The zero-order valence-corrected chi connectivity index (χ0v) is 14.5. The van der Waals surface area contributed by atoms with Gasteiger partial charge in [-0.1, -0.05) is 12.5 Å². The number of carbonyl (C=O) groups is 2. The average Bonchev–Trinajstić information content (AvgIpc) is 3.20. The Morgan fingerprint density at radius 3 is 2.76 bits per heavy atom. The van der Waals surface area contributed by atoms with Gasteiger partial charge in [-0.3, -0.25) is 9.59 Å². The number of hydrogen-bond acceptors (Lipinski definition) is 5. The van der Waals surface area contributed by atoms with E-state index < -0.39 is 10.8 Å². The van der Waals surface area contributed by atoms with Gasteiger partial charge in [0.05, 0.1) is 23.4 Å². The van der Waals surface area contributed by atoms with Crippen LogP contribution in [0.3, 0.4) is 0 Å². The van der Waals surface area contributed by atoms with E-state index in [4.69, 9.17) is 13.9 Å². The van der Waals surface area contributed by atoms with Crippen LogP contribution < -0.4 is 0 Å². The van der Waals surface area contributed by atoms with Crippen molar-refractivity contribution >= 4 is 11.9 Å². The van der Waals surface area contributed by atoms with Crippen LogP contribution in [-0.4, -0.2) is 18.0 Å². The summed E-state index contributed by atoms with van der Waals surface area (Å²) in [6, 6.07) is 1.85. The van der Waals surface area contributed by atoms with Gasteiger partial charge in [0.1, 0.15) is 12.2 Å². The average molecular weight is 342 g/mol. The highest BCUT2D eigenvalue weighted by molar-refractivity contribution is 5.88. The molecule has 132 valence electrons. The van der Waals surface area contributed by atoms with E-state index in [0.29, 0.717) is 6.42 Å². The highest BCUT2D eigenvalue weighted by Gasteiger charge is 2.70. The minimum atomic E-state index is -0.647. The number of ether oxygens (including phenoxy) is 2. The number of cyclic esters (lactones) is 1. The summed E-state index contributed by atoms with van der Waals surface area (Å²) < 4.78 is 16.6. The second kappa shape index (κ2) is 4.77. The SMILES string of the molecule is CC1=CC2CC3C1(CCC(C)C31CC(c3ccoc3)OC1=O)C(=O)O2. The maximum absolute atomic E-state index is 13.2. The predicted octanol–water partition coefficient (Wildman–Crippen LogP) is 3.56. The fraction of sp³-hybridized carbons (Fsp3) is 0.600. The van der Waals surface area contributed by atoms with Crippen molar-refractivity contribution in [3.63, 3.8) is 0 Å². The minimum Gasteiger partial charge on any atom is -0.472 e. The molecular formula is C20H22O5. The van der Waals surface area contributed by atoms with Crippen LogP contribution >= 0.6 is 0 Å². The zero-order valence-electron chi connectivity index (χ0n) is 14.5. The van der Waals surface area contributed by atoms with E-state index in [1.54, 1.807) is 12.5 Å². The molecule has 1 aromatic rings. The summed E-state index contributed by atoms with van der Waals surface area (Å²) in [4.78, 5) is 26.0. The zero-order chi connectivity index (χ0) is 17.4. The Morgan fingerprint density at radius 1 is 1.20 bits per heavy atom. The lowest BCUT2D eigenvalue weighted by atomic mass is 9.45. The largest absolute Gasteiger partial charge is 0.472 e. The molecule has 25 heavy (non-hydrogen) atoms. The van der Waals surface area contributed by atoms with Crippen LogP contribution in [0.15, 0.2) is 34.7 Å². The fourth-order valence-electron chi connectivity index (χ4n) is 6.00. The summed E-state index contributed by atoms with van der Waals surface area (Å²) in [5.41, 5.74) is 0.711. The minimum absolute atomic E-state index is 0.0376. The van der Waals surface area contributed by atoms with Gasteiger partial charge in [-0.15, -0.1) is 0 Å². The van der Waals surface area contributed by atoms with E-state index in [2.05, 4.69) is 13.0 Å². The van der Waals surface area contributed by atoms with Crippen LogP contribution in [0.25, 0.3) is 0 Å². The summed E-state index contributed by atoms with van der Waals surface area (Å²) >= 11 is 0. The normalized spacial score (nSPS) is 45.1. The Bertz CT molecular complexity index is 778. The first-order chi connectivity index (χ1) is 12.0. The number of carbonyl (C=O) groups excluding carboxylic acids is 2. The molecule has 0 aromatic carbocycles. The number of rotatable bonds is 1. The van der Waals surface area contributed by atoms with E-state index in [-0.39, 0.29) is 36.0 Å². The van der Waals surface area contributed by atoms with Gasteiger partial charge in [0, 0.05) is 12.0 Å². The number of hydrogen-bond donors (Lipinski definition) is 0. The summed E-state index contributed by atoms with van der Waals surface area (Å²) in [5, 5.41) is 0. The molecule has 5 heteroatoms. The Labute approximate surface area is 146 Å². The molecule has 6 atom stereocenters. The van der Waals surface area contributed by atoms with Gasteiger partial charge in [-0.2, -0.15) is 0 Å². The molecule has 4 heterocycles. The van der Waals surface area contributed by atoms with Crippen LogP contribution in [0.5, 0.6) is 0 Å². The summed E-state index contributed by atoms with van der Waals surface area (Å²) in [6.07, 6.45) is 7.76. The second-order valence-electron chi connectivity index (χ2n) is 8.19. The third-order valence-corrected chi connectivity index (χ3v) is 7.37. The molecule has 0 amide bonds. The summed E-state index contributed by atoms with van der Waals surface area (Å²) in [7, 11) is 0. The van der Waals surface area contributed by atoms with E-state index in [9.17, 15) is 9.59 Å². The van der Waals surface area contributed by atoms with E-state index in [1.165, 1.54) is 0 Å². The number of esters is 2. The predicted molar refractivity (Wildman–Crippen MR) is 87.2 cm³/mol. The molecule has 0 N–H and O–H groups in total. The van der Waals surface area contributed by atoms with Gasteiger partial charge in [-0.25, -0.2) is 0 Å². The van der Waals surface area contributed by atoms with Crippen molar-refractivity contribution in [2.45, 2.75) is 51.7 Å². The summed E-state index contributed by atoms with van der Waals surface area (Å²) in [5.74, 6) is -0.139. The van der Waals surface area contributed by atoms with Crippen LogP contribution in [0.4, 0.5) is 0 Å². The molecule has 3 fully saturated rings. The first kappa shape index (κ1) is 15.2. The van der Waals surface area contributed by atoms with Crippen molar-refractivity contribution in [1.82, 2.24) is 0 Å². The van der Waals surface area contributed by atoms with Gasteiger partial charge >= 0.3 is 11.9 Å². The maximum Gasteiger partial charge on any atom is 0.317 e. The smallest absolute Gasteiger partial charge is 0.317 e. The molecule has 2 aliphatic carbocycles. The van der Waals surface area contributed by atoms with Gasteiger partial charge in [0.25, 0.3) is 0 Å². The third-order valence-electron chi connectivity index (χ3n) is 7.37. The van der Waals surface area contributed by atoms with Crippen molar-refractivity contribution in [1.29, 1.82) is 0 Å². The lowest BCUT2D eigenvalue weighted by Gasteiger charge is -2.59. The third kappa shape index (κ3) is 1.69. The Hall–Kier alpha value is -2.04. The molecule has 2 saturated heterocycles. The van der Waals surface area contributed by atoms with Gasteiger partial charge in [0.2, 0.25) is 0 Å². The molecule has 3 aliphatic heterocycles. The van der Waals surface area contributed by atoms with Gasteiger partial charge in [0.15, 0.2) is 0 Å². The molecule has 6 unspecified atom stereocenters. The van der Waals surface area contributed by atoms with Crippen LogP contribution in [0.1, 0.15) is 51.2 Å². The Morgan fingerprint density at radius 2 is 2.04 bits per heavy atom. The van der Waals surface area contributed by atoms with E-state index in [1.807, 2.05) is 13.0 Å². The van der Waals surface area contributed by atoms with Crippen LogP contribution in [-0.2, 0) is 19.1 Å². The highest BCUT2D eigenvalue weighted by atomic mass is 16.6. The molecule has 0 radical (unpaired) electrons. The van der Waals surface area contributed by atoms with Gasteiger partial charge in [-0.05, 0) is 50.2 Å². The standard InChI is InChI=1S/C20H22O5/c1-11-3-5-19-12(2)7-14(24-17(19)21)8-16(19)20(11)9-15(25-18(20)22)13-4-6-23-10-13/h4,6-7,10-11,14-16H,3,5,8-9H2,1-2H3. The lowest BCUT2D eigenvalue weighted by molar-refractivity contribution is -0.196. The van der Waals surface area contributed by atoms with Crippen molar-refractivity contribution in [3.05, 3.63) is 35.8 Å². The molecule has 1 saturated carbocycles.